The molecule has 0 atom stereocenters. The first-order valence-electron chi connectivity index (χ1n) is 9.87. The highest BCUT2D eigenvalue weighted by atomic mass is 16.4. The van der Waals surface area contributed by atoms with E-state index >= 15 is 0 Å². The number of aryl methyl sites for hydroxylation is 1. The van der Waals surface area contributed by atoms with Crippen LogP contribution in [0, 0.1) is 6.92 Å². The van der Waals surface area contributed by atoms with E-state index in [0.717, 1.165) is 32.5 Å². The Morgan fingerprint density at radius 2 is 1.85 bits per heavy atom. The van der Waals surface area contributed by atoms with Crippen LogP contribution >= 0.6 is 0 Å². The summed E-state index contributed by atoms with van der Waals surface area (Å²) in [4.78, 5) is 27.4. The number of rotatable bonds is 5. The summed E-state index contributed by atoms with van der Waals surface area (Å²) in [5.74, 6) is 0.636. The smallest absolute Gasteiger partial charge is 0.349 e. The van der Waals surface area contributed by atoms with Gasteiger partial charge in [-0.05, 0) is 75.0 Å². The molecule has 1 aromatic carbocycles. The number of carbonyl (C=O) groups is 1. The Morgan fingerprint density at radius 1 is 1.15 bits per heavy atom. The number of benzene rings is 1. The molecule has 5 heteroatoms. The predicted octanol–water partition coefficient (Wildman–Crippen LogP) is 4.06. The summed E-state index contributed by atoms with van der Waals surface area (Å²) in [6.45, 7) is 5.06. The van der Waals surface area contributed by atoms with Crippen LogP contribution in [0.15, 0.2) is 39.5 Å². The summed E-state index contributed by atoms with van der Waals surface area (Å²) >= 11 is 0. The third-order valence-electron chi connectivity index (χ3n) is 5.72. The van der Waals surface area contributed by atoms with Crippen LogP contribution < -0.4 is 10.9 Å². The van der Waals surface area contributed by atoms with E-state index < -0.39 is 11.5 Å². The van der Waals surface area contributed by atoms with E-state index in [9.17, 15) is 9.59 Å². The van der Waals surface area contributed by atoms with Gasteiger partial charge in [-0.3, -0.25) is 9.69 Å². The van der Waals surface area contributed by atoms with Crippen molar-refractivity contribution in [3.8, 4) is 0 Å². The van der Waals surface area contributed by atoms with Gasteiger partial charge in [0.1, 0.15) is 11.3 Å². The van der Waals surface area contributed by atoms with Crippen LogP contribution in [0.2, 0.25) is 0 Å². The van der Waals surface area contributed by atoms with E-state index in [-0.39, 0.29) is 5.56 Å². The molecular weight excluding hydrogens is 340 g/mol. The van der Waals surface area contributed by atoms with Crippen LogP contribution in [0.1, 0.15) is 65.3 Å². The van der Waals surface area contributed by atoms with Crippen molar-refractivity contribution in [1.82, 2.24) is 4.90 Å². The van der Waals surface area contributed by atoms with Gasteiger partial charge in [0, 0.05) is 18.2 Å². The van der Waals surface area contributed by atoms with Gasteiger partial charge in [-0.15, -0.1) is 0 Å². The Morgan fingerprint density at radius 3 is 2.44 bits per heavy atom. The first kappa shape index (κ1) is 18.0. The van der Waals surface area contributed by atoms with Crippen LogP contribution in [0.4, 0.5) is 5.69 Å². The monoisotopic (exact) mass is 366 g/mol. The lowest BCUT2D eigenvalue weighted by Gasteiger charge is -2.24. The molecule has 5 nitrogen and oxygen atoms in total. The first-order chi connectivity index (χ1) is 13.1. The van der Waals surface area contributed by atoms with Gasteiger partial charge >= 0.3 is 5.63 Å². The lowest BCUT2D eigenvalue weighted by atomic mass is 9.83. The minimum atomic E-state index is -0.542. The molecule has 4 rings (SSSR count). The predicted molar refractivity (Wildman–Crippen MR) is 105 cm³/mol. The Hall–Kier alpha value is -2.40. The molecule has 142 valence electrons. The normalized spacial score (nSPS) is 17.7. The highest BCUT2D eigenvalue weighted by Gasteiger charge is 2.25. The Balaban J connectivity index is 1.44. The molecule has 0 radical (unpaired) electrons. The maximum Gasteiger partial charge on any atom is 0.349 e. The molecule has 2 aliphatic rings. The van der Waals surface area contributed by atoms with Gasteiger partial charge in [0.2, 0.25) is 0 Å². The molecule has 2 heterocycles. The summed E-state index contributed by atoms with van der Waals surface area (Å²) in [6, 6.07) is 9.69. The molecule has 1 N–H and O–H groups in total. The third kappa shape index (κ3) is 3.98. The molecular formula is C22H26N2O3. The van der Waals surface area contributed by atoms with Crippen molar-refractivity contribution in [3.05, 3.63) is 63.2 Å². The molecule has 0 bridgehead atoms. The Bertz CT molecular complexity index is 875. The zero-order valence-electron chi connectivity index (χ0n) is 15.8. The third-order valence-corrected chi connectivity index (χ3v) is 5.72. The van der Waals surface area contributed by atoms with Crippen molar-refractivity contribution in [2.24, 2.45) is 0 Å². The van der Waals surface area contributed by atoms with Gasteiger partial charge in [0.15, 0.2) is 0 Å². The first-order valence-corrected chi connectivity index (χ1v) is 9.87. The molecule has 1 saturated heterocycles. The van der Waals surface area contributed by atoms with Crippen LogP contribution in [0.3, 0.4) is 0 Å². The standard InChI is InChI=1S/C22H26N2O3/c1-15-13-19(17-5-4-6-17)27-22(26)20(15)21(25)23-18-9-7-16(8-10-18)14-24-11-2-3-12-24/h7-10,13,17H,2-6,11-12,14H2,1H3,(H,23,25). The average Bonchev–Trinajstić information content (AvgIpc) is 3.07. The minimum absolute atomic E-state index is 0.0965. The lowest BCUT2D eigenvalue weighted by Crippen LogP contribution is -2.24. The zero-order valence-corrected chi connectivity index (χ0v) is 15.8. The zero-order chi connectivity index (χ0) is 18.8. The van der Waals surface area contributed by atoms with E-state index in [0.29, 0.717) is 22.9 Å². The summed E-state index contributed by atoms with van der Waals surface area (Å²) < 4.78 is 5.42. The van der Waals surface area contributed by atoms with Gasteiger partial charge in [-0.25, -0.2) is 4.79 Å². The van der Waals surface area contributed by atoms with Crippen molar-refractivity contribution in [2.75, 3.05) is 18.4 Å². The molecule has 1 aromatic heterocycles. The molecule has 2 fully saturated rings. The molecule has 0 unspecified atom stereocenters. The molecule has 2 aromatic rings. The van der Waals surface area contributed by atoms with Gasteiger partial charge in [-0.2, -0.15) is 0 Å². The summed E-state index contributed by atoms with van der Waals surface area (Å²) in [6.07, 6.45) is 5.82. The van der Waals surface area contributed by atoms with Gasteiger partial charge in [0.25, 0.3) is 5.91 Å². The summed E-state index contributed by atoms with van der Waals surface area (Å²) in [5, 5.41) is 2.82. The van der Waals surface area contributed by atoms with Crippen LogP contribution in [0.25, 0.3) is 0 Å². The second-order valence-corrected chi connectivity index (χ2v) is 7.76. The van der Waals surface area contributed by atoms with Crippen LogP contribution in [-0.4, -0.2) is 23.9 Å². The minimum Gasteiger partial charge on any atom is -0.427 e. The second kappa shape index (κ2) is 7.69. The molecule has 1 amide bonds. The number of hydrogen-bond donors (Lipinski definition) is 1. The fourth-order valence-corrected chi connectivity index (χ4v) is 3.89. The SMILES string of the molecule is Cc1cc(C2CCC2)oc(=O)c1C(=O)Nc1ccc(CN2CCCC2)cc1. The van der Waals surface area contributed by atoms with Crippen molar-refractivity contribution in [2.45, 2.75) is 51.5 Å². The maximum atomic E-state index is 12.6. The highest BCUT2D eigenvalue weighted by molar-refractivity contribution is 6.04. The molecule has 0 spiro atoms. The number of likely N-dealkylation sites (tertiary alicyclic amines) is 1. The molecule has 1 aliphatic carbocycles. The average molecular weight is 366 g/mol. The van der Waals surface area contributed by atoms with Crippen molar-refractivity contribution in [1.29, 1.82) is 0 Å². The van der Waals surface area contributed by atoms with Gasteiger partial charge in [0.05, 0.1) is 0 Å². The fraction of sp³-hybridized carbons (Fsp3) is 0.455. The van der Waals surface area contributed by atoms with Crippen molar-refractivity contribution >= 4 is 11.6 Å². The summed E-state index contributed by atoms with van der Waals surface area (Å²) in [7, 11) is 0. The van der Waals surface area contributed by atoms with E-state index in [1.54, 1.807) is 6.92 Å². The van der Waals surface area contributed by atoms with Crippen LogP contribution in [-0.2, 0) is 6.54 Å². The quantitative estimate of drug-likeness (QED) is 0.867. The molecule has 1 saturated carbocycles. The van der Waals surface area contributed by atoms with Crippen molar-refractivity contribution in [3.63, 3.8) is 0 Å². The Kier molecular flexibility index (Phi) is 5.12. The maximum absolute atomic E-state index is 12.6. The van der Waals surface area contributed by atoms with E-state index in [2.05, 4.69) is 10.2 Å². The number of amides is 1. The van der Waals surface area contributed by atoms with Gasteiger partial charge < -0.3 is 9.73 Å². The fourth-order valence-electron chi connectivity index (χ4n) is 3.89. The molecule has 1 aliphatic heterocycles. The second-order valence-electron chi connectivity index (χ2n) is 7.76. The highest BCUT2D eigenvalue weighted by Crippen LogP contribution is 2.36. The number of nitrogens with zero attached hydrogens (tertiary/aromatic N) is 1. The number of carbonyl (C=O) groups excluding carboxylic acids is 1. The van der Waals surface area contributed by atoms with E-state index in [1.807, 2.05) is 30.3 Å². The number of anilines is 1. The number of hydrogen-bond acceptors (Lipinski definition) is 4. The van der Waals surface area contributed by atoms with Crippen LogP contribution in [0.5, 0.6) is 0 Å². The van der Waals surface area contributed by atoms with E-state index in [4.69, 9.17) is 4.42 Å². The largest absolute Gasteiger partial charge is 0.427 e. The molecule has 27 heavy (non-hydrogen) atoms. The number of nitrogens with one attached hydrogen (secondary N) is 1. The van der Waals surface area contributed by atoms with E-state index in [1.165, 1.54) is 24.8 Å². The lowest BCUT2D eigenvalue weighted by molar-refractivity contribution is 0.102. The van der Waals surface area contributed by atoms with Gasteiger partial charge in [-0.1, -0.05) is 18.6 Å². The Labute approximate surface area is 159 Å². The topological polar surface area (TPSA) is 62.6 Å². The van der Waals surface area contributed by atoms with Crippen molar-refractivity contribution < 1.29 is 9.21 Å². The summed E-state index contributed by atoms with van der Waals surface area (Å²) in [5.41, 5.74) is 2.15.